The highest BCUT2D eigenvalue weighted by atomic mass is 32.2. The number of rotatable bonds is 6. The van der Waals surface area contributed by atoms with Crippen LogP contribution in [0.4, 0.5) is 11.4 Å². The topological polar surface area (TPSA) is 126 Å². The summed E-state index contributed by atoms with van der Waals surface area (Å²) in [6.07, 6.45) is 1.23. The van der Waals surface area contributed by atoms with Gasteiger partial charge in [0.15, 0.2) is 5.17 Å². The molecule has 1 aliphatic rings. The van der Waals surface area contributed by atoms with Gasteiger partial charge in [-0.1, -0.05) is 41.6 Å². The molecule has 2 N–H and O–H groups in total. The molecule has 0 aliphatic carbocycles. The van der Waals surface area contributed by atoms with Gasteiger partial charge < -0.3 is 10.6 Å². The van der Waals surface area contributed by atoms with Crippen LogP contribution in [0.3, 0.4) is 0 Å². The van der Waals surface area contributed by atoms with Crippen LogP contribution in [0.2, 0.25) is 0 Å². The fourth-order valence-corrected chi connectivity index (χ4v) is 3.43. The predicted octanol–water partition coefficient (Wildman–Crippen LogP) is 2.85. The Balaban J connectivity index is 1.59. The lowest BCUT2D eigenvalue weighted by molar-refractivity contribution is -0.385. The number of benzene rings is 2. The number of carbonyl (C=O) groups excluding carboxylic acids is 2. The summed E-state index contributed by atoms with van der Waals surface area (Å²) in [6, 6.07) is 13.5. The average Bonchev–Trinajstić information content (AvgIpc) is 3.03. The van der Waals surface area contributed by atoms with Gasteiger partial charge in [0, 0.05) is 18.2 Å². The maximum Gasteiger partial charge on any atom is 0.278 e. The molecule has 0 radical (unpaired) electrons. The van der Waals surface area contributed by atoms with E-state index in [4.69, 9.17) is 0 Å². The number of para-hydroxylation sites is 1. The van der Waals surface area contributed by atoms with Crippen molar-refractivity contribution in [1.29, 1.82) is 0 Å². The summed E-state index contributed by atoms with van der Waals surface area (Å²) < 4.78 is 0. The van der Waals surface area contributed by atoms with Gasteiger partial charge in [0.1, 0.15) is 5.25 Å². The Hall–Kier alpha value is -3.53. The maximum atomic E-state index is 12.2. The van der Waals surface area contributed by atoms with Crippen LogP contribution in [0.1, 0.15) is 17.5 Å². The zero-order valence-electron chi connectivity index (χ0n) is 15.4. The molecule has 1 saturated heterocycles. The number of nitro groups is 1. The van der Waals surface area contributed by atoms with Gasteiger partial charge in [-0.15, -0.1) is 5.10 Å². The van der Waals surface area contributed by atoms with Crippen LogP contribution in [-0.2, 0) is 9.59 Å². The fourth-order valence-electron chi connectivity index (χ4n) is 2.51. The molecule has 29 heavy (non-hydrogen) atoms. The summed E-state index contributed by atoms with van der Waals surface area (Å²) in [7, 11) is 0. The van der Waals surface area contributed by atoms with Gasteiger partial charge in [0.25, 0.3) is 5.69 Å². The molecule has 0 spiro atoms. The van der Waals surface area contributed by atoms with Crippen LogP contribution in [0, 0.1) is 17.0 Å². The smallest absolute Gasteiger partial charge is 0.278 e. The van der Waals surface area contributed by atoms with Crippen molar-refractivity contribution in [2.75, 3.05) is 5.32 Å². The van der Waals surface area contributed by atoms with Gasteiger partial charge in [-0.05, 0) is 25.1 Å². The van der Waals surface area contributed by atoms with Crippen molar-refractivity contribution in [2.45, 2.75) is 18.6 Å². The molecule has 1 atom stereocenters. The normalized spacial score (nSPS) is 17.5. The molecule has 0 unspecified atom stereocenters. The van der Waals surface area contributed by atoms with Crippen LogP contribution < -0.4 is 10.6 Å². The molecule has 10 heteroatoms. The molecule has 9 nitrogen and oxygen atoms in total. The van der Waals surface area contributed by atoms with E-state index in [1.165, 1.54) is 12.3 Å². The SMILES string of the molecule is Cc1ccc(NC(=O)C[C@@H]2S/C(=N\N=C/c3ccccc3[N+](=O)[O-])NC2=O)cc1. The predicted molar refractivity (Wildman–Crippen MR) is 112 cm³/mol. The van der Waals surface area contributed by atoms with E-state index in [1.807, 2.05) is 19.1 Å². The Morgan fingerprint density at radius 1 is 1.28 bits per heavy atom. The highest BCUT2D eigenvalue weighted by Crippen LogP contribution is 2.23. The minimum atomic E-state index is -0.625. The summed E-state index contributed by atoms with van der Waals surface area (Å²) in [4.78, 5) is 34.7. The first kappa shape index (κ1) is 20.2. The summed E-state index contributed by atoms with van der Waals surface area (Å²) in [5.41, 5.74) is 1.94. The van der Waals surface area contributed by atoms with Gasteiger partial charge in [-0.2, -0.15) is 5.10 Å². The van der Waals surface area contributed by atoms with Crippen LogP contribution in [0.15, 0.2) is 58.7 Å². The van der Waals surface area contributed by atoms with Crippen molar-refractivity contribution >= 4 is 46.3 Å². The largest absolute Gasteiger partial charge is 0.326 e. The standard InChI is InChI=1S/C19H17N5O4S/c1-12-6-8-14(9-7-12)21-17(25)10-16-18(26)22-19(29-16)23-20-11-13-4-2-3-5-15(13)24(27)28/h2-9,11,16H,10H2,1H3,(H,21,25)(H,22,23,26)/b20-11-/t16-/m0/s1. The van der Waals surface area contributed by atoms with Crippen LogP contribution in [-0.4, -0.2) is 33.4 Å². The van der Waals surface area contributed by atoms with Crippen molar-refractivity contribution in [1.82, 2.24) is 5.32 Å². The van der Waals surface area contributed by atoms with Gasteiger partial charge in [-0.25, -0.2) is 0 Å². The summed E-state index contributed by atoms with van der Waals surface area (Å²) in [5.74, 6) is -0.625. The second-order valence-electron chi connectivity index (χ2n) is 6.18. The molecule has 0 bridgehead atoms. The van der Waals surface area contributed by atoms with Gasteiger partial charge in [-0.3, -0.25) is 19.7 Å². The Bertz CT molecular complexity index is 1000. The monoisotopic (exact) mass is 411 g/mol. The number of amides is 2. The Kier molecular flexibility index (Phi) is 6.35. The number of nitrogens with zero attached hydrogens (tertiary/aromatic N) is 3. The van der Waals surface area contributed by atoms with Crippen molar-refractivity contribution in [3.8, 4) is 0 Å². The second kappa shape index (κ2) is 9.11. The van der Waals surface area contributed by atoms with E-state index >= 15 is 0 Å². The minimum absolute atomic E-state index is 0.0166. The van der Waals surface area contributed by atoms with Crippen LogP contribution in [0.25, 0.3) is 0 Å². The molecule has 1 heterocycles. The summed E-state index contributed by atoms with van der Waals surface area (Å²) >= 11 is 1.09. The van der Waals surface area contributed by atoms with Crippen LogP contribution >= 0.6 is 11.8 Å². The lowest BCUT2D eigenvalue weighted by atomic mass is 10.2. The molecular weight excluding hydrogens is 394 g/mol. The molecule has 2 aromatic rings. The number of amidine groups is 1. The highest BCUT2D eigenvalue weighted by molar-refractivity contribution is 8.15. The number of carbonyl (C=O) groups is 2. The number of nitrogens with one attached hydrogen (secondary N) is 2. The van der Waals surface area contributed by atoms with E-state index in [0.717, 1.165) is 17.3 Å². The summed E-state index contributed by atoms with van der Waals surface area (Å²) in [5, 5.41) is 23.6. The lowest BCUT2D eigenvalue weighted by Gasteiger charge is -2.07. The van der Waals surface area contributed by atoms with E-state index in [0.29, 0.717) is 11.3 Å². The number of hydrogen-bond donors (Lipinski definition) is 2. The van der Waals surface area contributed by atoms with Gasteiger partial charge >= 0.3 is 0 Å². The zero-order valence-corrected chi connectivity index (χ0v) is 16.2. The van der Waals surface area contributed by atoms with Crippen molar-refractivity contribution in [3.05, 3.63) is 69.8 Å². The maximum absolute atomic E-state index is 12.2. The van der Waals surface area contributed by atoms with E-state index in [1.54, 1.807) is 30.3 Å². The Morgan fingerprint density at radius 3 is 2.72 bits per heavy atom. The third-order valence-corrected chi connectivity index (χ3v) is 5.03. The first-order valence-corrected chi connectivity index (χ1v) is 9.49. The molecule has 1 fully saturated rings. The number of hydrogen-bond acceptors (Lipinski definition) is 7. The third kappa shape index (κ3) is 5.48. The Morgan fingerprint density at radius 2 is 2.00 bits per heavy atom. The molecular formula is C19H17N5O4S. The fraction of sp³-hybridized carbons (Fsp3) is 0.158. The third-order valence-electron chi connectivity index (χ3n) is 3.96. The average molecular weight is 411 g/mol. The van der Waals surface area contributed by atoms with Crippen LogP contribution in [0.5, 0.6) is 0 Å². The van der Waals surface area contributed by atoms with Gasteiger partial charge in [0.2, 0.25) is 11.8 Å². The highest BCUT2D eigenvalue weighted by Gasteiger charge is 2.32. The lowest BCUT2D eigenvalue weighted by Crippen LogP contribution is -2.28. The molecule has 0 aromatic heterocycles. The molecule has 148 valence electrons. The Labute approximate surface area is 170 Å². The number of thioether (sulfide) groups is 1. The van der Waals surface area contributed by atoms with Gasteiger partial charge in [0.05, 0.1) is 16.7 Å². The van der Waals surface area contributed by atoms with Crippen molar-refractivity contribution in [3.63, 3.8) is 0 Å². The van der Waals surface area contributed by atoms with Crippen molar-refractivity contribution in [2.24, 2.45) is 10.2 Å². The number of nitro benzene ring substituents is 1. The first-order valence-electron chi connectivity index (χ1n) is 8.61. The minimum Gasteiger partial charge on any atom is -0.326 e. The van der Waals surface area contributed by atoms with Crippen molar-refractivity contribution < 1.29 is 14.5 Å². The quantitative estimate of drug-likeness (QED) is 0.429. The molecule has 2 aromatic carbocycles. The molecule has 2 amide bonds. The van der Waals surface area contributed by atoms with E-state index < -0.39 is 10.2 Å². The summed E-state index contributed by atoms with van der Waals surface area (Å²) in [6.45, 7) is 1.95. The van der Waals surface area contributed by atoms with E-state index in [9.17, 15) is 19.7 Å². The molecule has 1 aliphatic heterocycles. The zero-order chi connectivity index (χ0) is 20.8. The molecule has 0 saturated carbocycles. The van der Waals surface area contributed by atoms with E-state index in [-0.39, 0.29) is 29.1 Å². The second-order valence-corrected chi connectivity index (χ2v) is 7.37. The number of anilines is 1. The molecule has 3 rings (SSSR count). The number of aryl methyl sites for hydroxylation is 1. The van der Waals surface area contributed by atoms with E-state index in [2.05, 4.69) is 20.8 Å². The first-order chi connectivity index (χ1) is 13.9.